The predicted molar refractivity (Wildman–Crippen MR) is 61.6 cm³/mol. The van der Waals surface area contributed by atoms with E-state index in [1.807, 2.05) is 12.5 Å². The maximum absolute atomic E-state index is 4.20. The van der Waals surface area contributed by atoms with Crippen LogP contribution in [0, 0.1) is 5.92 Å². The van der Waals surface area contributed by atoms with Crippen molar-refractivity contribution >= 4 is 0 Å². The number of hydrogen-bond acceptors (Lipinski definition) is 2. The summed E-state index contributed by atoms with van der Waals surface area (Å²) >= 11 is 0. The molecule has 0 atom stereocenters. The Labute approximate surface area is 91.9 Å². The fourth-order valence-corrected chi connectivity index (χ4v) is 2.25. The lowest BCUT2D eigenvalue weighted by molar-refractivity contribution is 0.238. The molecule has 3 heteroatoms. The molecule has 1 saturated carbocycles. The van der Waals surface area contributed by atoms with Crippen LogP contribution in [0.4, 0.5) is 0 Å². The summed E-state index contributed by atoms with van der Waals surface area (Å²) in [5, 5.41) is 3.59. The van der Waals surface area contributed by atoms with E-state index in [1.54, 1.807) is 0 Å². The number of aromatic nitrogens is 2. The highest BCUT2D eigenvalue weighted by Gasteiger charge is 2.24. The molecular formula is C12H21N3. The zero-order valence-corrected chi connectivity index (χ0v) is 9.90. The van der Waals surface area contributed by atoms with E-state index in [9.17, 15) is 0 Å². The molecule has 0 amide bonds. The van der Waals surface area contributed by atoms with E-state index in [4.69, 9.17) is 0 Å². The van der Waals surface area contributed by atoms with E-state index in [2.05, 4.69) is 35.6 Å². The molecule has 0 saturated heterocycles. The molecule has 0 bridgehead atoms. The van der Waals surface area contributed by atoms with E-state index in [0.717, 1.165) is 18.5 Å². The van der Waals surface area contributed by atoms with Crippen molar-refractivity contribution in [3.8, 4) is 0 Å². The minimum absolute atomic E-state index is 0.504. The zero-order valence-electron chi connectivity index (χ0n) is 9.90. The van der Waals surface area contributed by atoms with Gasteiger partial charge in [0.15, 0.2) is 0 Å². The Hall–Kier alpha value is -0.830. The van der Waals surface area contributed by atoms with E-state index < -0.39 is 0 Å². The third-order valence-electron chi connectivity index (χ3n) is 3.25. The van der Waals surface area contributed by atoms with Crippen molar-refractivity contribution in [3.63, 3.8) is 0 Å². The number of nitrogens with one attached hydrogen (secondary N) is 1. The first-order valence-corrected chi connectivity index (χ1v) is 5.91. The minimum atomic E-state index is 0.504. The fourth-order valence-electron chi connectivity index (χ4n) is 2.25. The first-order valence-electron chi connectivity index (χ1n) is 5.91. The van der Waals surface area contributed by atoms with Crippen molar-refractivity contribution < 1.29 is 0 Å². The Morgan fingerprint density at radius 2 is 2.27 bits per heavy atom. The van der Waals surface area contributed by atoms with Gasteiger partial charge in [0, 0.05) is 24.8 Å². The summed E-state index contributed by atoms with van der Waals surface area (Å²) < 4.78 is 2.23. The second kappa shape index (κ2) is 4.35. The van der Waals surface area contributed by atoms with Crippen molar-refractivity contribution in [1.29, 1.82) is 0 Å². The molecular weight excluding hydrogens is 186 g/mol. The molecule has 15 heavy (non-hydrogen) atoms. The van der Waals surface area contributed by atoms with E-state index >= 15 is 0 Å². The fraction of sp³-hybridized carbons (Fsp3) is 0.750. The average molecular weight is 207 g/mol. The molecule has 0 aromatic carbocycles. The van der Waals surface area contributed by atoms with Gasteiger partial charge in [-0.3, -0.25) is 0 Å². The highest BCUT2D eigenvalue weighted by Crippen LogP contribution is 2.26. The van der Waals surface area contributed by atoms with Gasteiger partial charge >= 0.3 is 0 Å². The van der Waals surface area contributed by atoms with Crippen LogP contribution in [0.25, 0.3) is 0 Å². The van der Waals surface area contributed by atoms with Crippen molar-refractivity contribution in [2.75, 3.05) is 0 Å². The number of imidazole rings is 1. The molecule has 0 unspecified atom stereocenters. The Bertz CT molecular complexity index is 310. The van der Waals surface area contributed by atoms with E-state index in [0.29, 0.717) is 6.04 Å². The van der Waals surface area contributed by atoms with Gasteiger partial charge in [0.05, 0.1) is 12.0 Å². The molecule has 1 aromatic rings. The van der Waals surface area contributed by atoms with Crippen LogP contribution in [0.15, 0.2) is 12.5 Å². The quantitative estimate of drug-likeness (QED) is 0.821. The summed E-state index contributed by atoms with van der Waals surface area (Å²) in [6.45, 7) is 7.65. The van der Waals surface area contributed by atoms with Crippen molar-refractivity contribution in [2.45, 2.75) is 52.2 Å². The molecule has 1 aliphatic carbocycles. The highest BCUT2D eigenvalue weighted by atomic mass is 15.1. The predicted octanol–water partition coefficient (Wildman–Crippen LogP) is 2.35. The third kappa shape index (κ3) is 2.40. The minimum Gasteiger partial charge on any atom is -0.331 e. The maximum Gasteiger partial charge on any atom is 0.0951 e. The van der Waals surface area contributed by atoms with Crippen LogP contribution in [0.1, 0.15) is 45.3 Å². The van der Waals surface area contributed by atoms with Crippen molar-refractivity contribution in [3.05, 3.63) is 18.2 Å². The normalized spacial score (nSPS) is 25.6. The average Bonchev–Trinajstić information content (AvgIpc) is 2.58. The lowest BCUT2D eigenvalue weighted by Crippen LogP contribution is -2.39. The van der Waals surface area contributed by atoms with Crippen molar-refractivity contribution in [1.82, 2.24) is 14.9 Å². The second-order valence-electron chi connectivity index (χ2n) is 5.04. The molecule has 1 N–H and O–H groups in total. The van der Waals surface area contributed by atoms with Gasteiger partial charge in [0.2, 0.25) is 0 Å². The lowest BCUT2D eigenvalue weighted by atomic mass is 9.82. The van der Waals surface area contributed by atoms with Gasteiger partial charge in [0.1, 0.15) is 0 Å². The number of nitrogens with zero attached hydrogens (tertiary/aromatic N) is 2. The van der Waals surface area contributed by atoms with E-state index in [1.165, 1.54) is 18.5 Å². The third-order valence-corrected chi connectivity index (χ3v) is 3.25. The van der Waals surface area contributed by atoms with Crippen LogP contribution in [0.3, 0.4) is 0 Å². The standard InChI is InChI=1S/C12H21N3/c1-9(2)15-8-13-6-12(15)7-14-11-4-10(3)5-11/h6,8-11,14H,4-5,7H2,1-3H3. The van der Waals surface area contributed by atoms with Gasteiger partial charge in [-0.2, -0.15) is 0 Å². The summed E-state index contributed by atoms with van der Waals surface area (Å²) in [5.41, 5.74) is 1.30. The maximum atomic E-state index is 4.20. The molecule has 1 heterocycles. The SMILES string of the molecule is CC1CC(NCc2cncn2C(C)C)C1. The van der Waals surface area contributed by atoms with Gasteiger partial charge in [-0.15, -0.1) is 0 Å². The molecule has 0 radical (unpaired) electrons. The highest BCUT2D eigenvalue weighted by molar-refractivity contribution is 5.00. The monoisotopic (exact) mass is 207 g/mol. The molecule has 2 rings (SSSR count). The Morgan fingerprint density at radius 1 is 1.53 bits per heavy atom. The van der Waals surface area contributed by atoms with Crippen LogP contribution in [-0.4, -0.2) is 15.6 Å². The number of hydrogen-bond donors (Lipinski definition) is 1. The largest absolute Gasteiger partial charge is 0.331 e. The summed E-state index contributed by atoms with van der Waals surface area (Å²) in [7, 11) is 0. The van der Waals surface area contributed by atoms with Crippen molar-refractivity contribution in [2.24, 2.45) is 5.92 Å². The first kappa shape index (κ1) is 10.7. The lowest BCUT2D eigenvalue weighted by Gasteiger charge is -2.33. The molecule has 0 aliphatic heterocycles. The molecule has 1 fully saturated rings. The van der Waals surface area contributed by atoms with Gasteiger partial charge in [-0.05, 0) is 32.6 Å². The van der Waals surface area contributed by atoms with Gasteiger partial charge in [0.25, 0.3) is 0 Å². The Balaban J connectivity index is 1.85. The van der Waals surface area contributed by atoms with Crippen LogP contribution in [0.2, 0.25) is 0 Å². The summed E-state index contributed by atoms with van der Waals surface area (Å²) in [6, 6.07) is 1.24. The smallest absolute Gasteiger partial charge is 0.0951 e. The zero-order chi connectivity index (χ0) is 10.8. The second-order valence-corrected chi connectivity index (χ2v) is 5.04. The van der Waals surface area contributed by atoms with Gasteiger partial charge in [-0.25, -0.2) is 4.98 Å². The number of rotatable bonds is 4. The Morgan fingerprint density at radius 3 is 2.87 bits per heavy atom. The van der Waals surface area contributed by atoms with Gasteiger partial charge < -0.3 is 9.88 Å². The van der Waals surface area contributed by atoms with Crippen LogP contribution in [-0.2, 0) is 6.54 Å². The van der Waals surface area contributed by atoms with Crippen LogP contribution >= 0.6 is 0 Å². The molecule has 1 aliphatic rings. The summed E-state index contributed by atoms with van der Waals surface area (Å²) in [6.07, 6.45) is 6.55. The summed E-state index contributed by atoms with van der Waals surface area (Å²) in [4.78, 5) is 4.20. The molecule has 0 spiro atoms. The first-order chi connectivity index (χ1) is 7.16. The van der Waals surface area contributed by atoms with Gasteiger partial charge in [-0.1, -0.05) is 6.92 Å². The summed E-state index contributed by atoms with van der Waals surface area (Å²) in [5.74, 6) is 0.914. The van der Waals surface area contributed by atoms with Crippen LogP contribution in [0.5, 0.6) is 0 Å². The van der Waals surface area contributed by atoms with Crippen LogP contribution < -0.4 is 5.32 Å². The van der Waals surface area contributed by atoms with E-state index in [-0.39, 0.29) is 0 Å². The molecule has 1 aromatic heterocycles. The molecule has 84 valence electrons. The topological polar surface area (TPSA) is 29.9 Å². The molecule has 3 nitrogen and oxygen atoms in total. The Kier molecular flexibility index (Phi) is 3.10.